The van der Waals surface area contributed by atoms with E-state index in [1.807, 2.05) is 0 Å². The number of carboxylic acids is 1. The molecule has 0 saturated carbocycles. The van der Waals surface area contributed by atoms with Crippen molar-refractivity contribution in [3.63, 3.8) is 0 Å². The van der Waals surface area contributed by atoms with Gasteiger partial charge in [-0.3, -0.25) is 0 Å². The Bertz CT molecular complexity index is 1010. The molecule has 0 aliphatic carbocycles. The van der Waals surface area contributed by atoms with E-state index < -0.39 is 60.0 Å². The molecule has 0 heterocycles. The van der Waals surface area contributed by atoms with Gasteiger partial charge in [-0.15, -0.1) is 0 Å². The number of aliphatic hydroxyl groups excluding tert-OH is 2. The molecule has 0 aromatic rings. The Balaban J connectivity index is -0.000000674. The van der Waals surface area contributed by atoms with E-state index >= 15 is 0 Å². The third-order valence-corrected chi connectivity index (χ3v) is 5.78. The van der Waals surface area contributed by atoms with Crippen LogP contribution in [-0.2, 0) is 42.9 Å². The number of aliphatic carboxylic acids is 1. The minimum absolute atomic E-state index is 0.00220. The molecule has 18 heteroatoms. The first-order chi connectivity index (χ1) is 22.2. The Morgan fingerprint density at radius 3 is 1.29 bits per heavy atom. The highest BCUT2D eigenvalue weighted by Crippen LogP contribution is 2.29. The molecule has 3 unspecified atom stereocenters. The van der Waals surface area contributed by atoms with Crippen LogP contribution in [0.2, 0.25) is 0 Å². The zero-order valence-corrected chi connectivity index (χ0v) is 29.4. The van der Waals surface area contributed by atoms with Gasteiger partial charge < -0.3 is 39.0 Å². The van der Waals surface area contributed by atoms with E-state index in [1.165, 1.54) is 21.1 Å². The largest absolute Gasteiger partial charge is 0.477 e. The van der Waals surface area contributed by atoms with Gasteiger partial charge in [0.15, 0.2) is 6.10 Å². The van der Waals surface area contributed by atoms with Gasteiger partial charge in [0, 0.05) is 19.8 Å². The number of carboxylic acid groups (broad SMARTS) is 1. The van der Waals surface area contributed by atoms with Crippen LogP contribution in [0.1, 0.15) is 67.7 Å². The van der Waals surface area contributed by atoms with Gasteiger partial charge in [0.25, 0.3) is 0 Å². The Morgan fingerprint density at radius 2 is 0.980 bits per heavy atom. The maximum Gasteiger partial charge on any atom is 0.381 e. The maximum absolute atomic E-state index is 14.1. The fourth-order valence-electron chi connectivity index (χ4n) is 3.16. The van der Waals surface area contributed by atoms with Crippen molar-refractivity contribution in [3.8, 4) is 0 Å². The van der Waals surface area contributed by atoms with Crippen molar-refractivity contribution in [2.45, 2.75) is 104 Å². The molecule has 0 fully saturated rings. The molecule has 0 aromatic heterocycles. The molecule has 0 radical (unpaired) electrons. The summed E-state index contributed by atoms with van der Waals surface area (Å²) in [5.74, 6) is -19.0. The minimum atomic E-state index is -4.04. The summed E-state index contributed by atoms with van der Waals surface area (Å²) >= 11 is 0. The molecule has 0 aliphatic heterocycles. The van der Waals surface area contributed by atoms with E-state index in [0.717, 1.165) is 0 Å². The molecule has 0 aromatic carbocycles. The molecule has 3 atom stereocenters. The van der Waals surface area contributed by atoms with Crippen molar-refractivity contribution in [3.05, 3.63) is 12.2 Å². The van der Waals surface area contributed by atoms with Crippen LogP contribution in [-0.4, -0.2) is 116 Å². The van der Waals surface area contributed by atoms with Crippen LogP contribution in [0.25, 0.3) is 0 Å². The number of esters is 3. The first-order valence-electron chi connectivity index (χ1n) is 15.1. The number of carbonyl (C=O) groups excluding carboxylic acids is 3. The minimum Gasteiger partial charge on any atom is -0.477 e. The smallest absolute Gasteiger partial charge is 0.381 e. The zero-order chi connectivity index (χ0) is 39.3. The molecule has 0 spiro atoms. The SMILES string of the molecule is C=C(C)C(=O)OC(CC(C)C)C(F)(F)C(=O)OCCOC.CC(C)CC(O)C(F)(F)C(=O)O.COCCOC(=O)C(F)(F)C(O)CC(C)C. The molecule has 0 amide bonds. The maximum atomic E-state index is 14.1. The van der Waals surface area contributed by atoms with Gasteiger partial charge in [-0.1, -0.05) is 48.1 Å². The van der Waals surface area contributed by atoms with Crippen LogP contribution in [0.4, 0.5) is 26.3 Å². The number of hydrogen-bond donors (Lipinski definition) is 3. The van der Waals surface area contributed by atoms with Crippen LogP contribution in [0.3, 0.4) is 0 Å². The van der Waals surface area contributed by atoms with Crippen LogP contribution in [0.15, 0.2) is 12.2 Å². The van der Waals surface area contributed by atoms with Gasteiger partial charge >= 0.3 is 41.6 Å². The summed E-state index contributed by atoms with van der Waals surface area (Å²) in [6.45, 7) is 14.1. The molecule has 0 bridgehead atoms. The van der Waals surface area contributed by atoms with Crippen LogP contribution >= 0.6 is 0 Å². The summed E-state index contributed by atoms with van der Waals surface area (Å²) in [6.07, 6.45) is -6.56. The average Bonchev–Trinajstić information content (AvgIpc) is 2.96. The highest BCUT2D eigenvalue weighted by molar-refractivity contribution is 5.88. The summed E-state index contributed by atoms with van der Waals surface area (Å²) in [5, 5.41) is 26.0. The zero-order valence-electron chi connectivity index (χ0n) is 29.4. The number of aliphatic hydroxyl groups is 2. The number of methoxy groups -OCH3 is 2. The van der Waals surface area contributed by atoms with Crippen LogP contribution in [0.5, 0.6) is 0 Å². The monoisotopic (exact) mass is 730 g/mol. The van der Waals surface area contributed by atoms with Crippen molar-refractivity contribution in [2.75, 3.05) is 40.6 Å². The second kappa shape index (κ2) is 24.2. The Labute approximate surface area is 283 Å². The topological polar surface area (TPSA) is 175 Å². The summed E-state index contributed by atoms with van der Waals surface area (Å²) < 4.78 is 102. The Morgan fingerprint density at radius 1 is 0.633 bits per heavy atom. The molecular formula is C31H52F6O12. The number of halogens is 6. The quantitative estimate of drug-likeness (QED) is 0.0520. The predicted octanol–water partition coefficient (Wildman–Crippen LogP) is 4.68. The van der Waals surface area contributed by atoms with Crippen molar-refractivity contribution in [1.82, 2.24) is 0 Å². The van der Waals surface area contributed by atoms with Crippen LogP contribution < -0.4 is 0 Å². The standard InChI is InChI=1S/C14H22F2O5.C10H18F2O4.C7H12F2O3/c1-9(2)8-11(21-12(17)10(3)4)14(15,16)13(18)20-7-6-19-5;1-7(2)6-8(13)10(11,12)9(14)16-5-4-15-3;1-4(2)3-5(10)7(8,9)6(11)12/h9,11H,3,6-8H2,1-2,4-5H3;7-8,13H,4-6H2,1-3H3;4-5,10H,3H2,1-2H3,(H,11,12). The number of hydrogen-bond acceptors (Lipinski definition) is 11. The average molecular weight is 731 g/mol. The fraction of sp³-hybridized carbons (Fsp3) is 0.806. The van der Waals surface area contributed by atoms with Crippen LogP contribution in [0, 0.1) is 17.8 Å². The van der Waals surface area contributed by atoms with Gasteiger partial charge in [0.2, 0.25) is 0 Å². The second-order valence-electron chi connectivity index (χ2n) is 12.0. The number of alkyl halides is 6. The van der Waals surface area contributed by atoms with E-state index in [-0.39, 0.29) is 69.0 Å². The fourth-order valence-corrected chi connectivity index (χ4v) is 3.16. The van der Waals surface area contributed by atoms with Gasteiger partial charge in [-0.2, -0.15) is 26.3 Å². The van der Waals surface area contributed by atoms with Crippen molar-refractivity contribution in [2.24, 2.45) is 17.8 Å². The van der Waals surface area contributed by atoms with Gasteiger partial charge in [0.05, 0.1) is 13.2 Å². The lowest BCUT2D eigenvalue weighted by Crippen LogP contribution is -2.46. The normalized spacial score (nSPS) is 13.7. The predicted molar refractivity (Wildman–Crippen MR) is 163 cm³/mol. The van der Waals surface area contributed by atoms with E-state index in [1.54, 1.807) is 41.5 Å². The van der Waals surface area contributed by atoms with E-state index in [4.69, 9.17) is 14.9 Å². The molecule has 0 aliphatic rings. The first-order valence-corrected chi connectivity index (χ1v) is 15.1. The number of ether oxygens (including phenoxy) is 5. The Kier molecular flexibility index (Phi) is 24.9. The van der Waals surface area contributed by atoms with Crippen molar-refractivity contribution < 1.29 is 84.5 Å². The summed E-state index contributed by atoms with van der Waals surface area (Å²) in [5.41, 5.74) is -0.0210. The molecule has 0 saturated heterocycles. The molecule has 290 valence electrons. The van der Waals surface area contributed by atoms with E-state index in [9.17, 15) is 50.6 Å². The molecule has 12 nitrogen and oxygen atoms in total. The molecule has 49 heavy (non-hydrogen) atoms. The highest BCUT2D eigenvalue weighted by atomic mass is 19.3. The van der Waals surface area contributed by atoms with Crippen molar-refractivity contribution in [1.29, 1.82) is 0 Å². The van der Waals surface area contributed by atoms with E-state index in [2.05, 4.69) is 25.5 Å². The molecule has 3 N–H and O–H groups in total. The third-order valence-electron chi connectivity index (χ3n) is 5.78. The van der Waals surface area contributed by atoms with Gasteiger partial charge in [-0.05, 0) is 43.9 Å². The van der Waals surface area contributed by atoms with Gasteiger partial charge in [0.1, 0.15) is 25.4 Å². The Hall–Kier alpha value is -2.96. The summed E-state index contributed by atoms with van der Waals surface area (Å²) in [4.78, 5) is 43.8. The summed E-state index contributed by atoms with van der Waals surface area (Å²) in [6, 6.07) is 0. The second-order valence-corrected chi connectivity index (χ2v) is 12.0. The third kappa shape index (κ3) is 21.0. The number of carbonyl (C=O) groups is 4. The first kappa shape index (κ1) is 50.4. The highest BCUT2D eigenvalue weighted by Gasteiger charge is 2.52. The molecule has 0 rings (SSSR count). The van der Waals surface area contributed by atoms with Crippen molar-refractivity contribution >= 4 is 23.9 Å². The lowest BCUT2D eigenvalue weighted by Gasteiger charge is -2.26. The summed E-state index contributed by atoms with van der Waals surface area (Å²) in [7, 11) is 2.71. The number of rotatable bonds is 20. The lowest BCUT2D eigenvalue weighted by atomic mass is 10.0. The lowest BCUT2D eigenvalue weighted by molar-refractivity contribution is -0.199. The van der Waals surface area contributed by atoms with Gasteiger partial charge in [-0.25, -0.2) is 19.2 Å². The molecular weight excluding hydrogens is 678 g/mol. The van der Waals surface area contributed by atoms with E-state index in [0.29, 0.717) is 0 Å².